The van der Waals surface area contributed by atoms with Gasteiger partial charge in [-0.15, -0.1) is 0 Å². The molecular formula is C18H18ClNO. The summed E-state index contributed by atoms with van der Waals surface area (Å²) < 4.78 is 6.12. The maximum atomic E-state index is 6.41. The van der Waals surface area contributed by atoms with E-state index in [0.717, 1.165) is 23.7 Å². The lowest BCUT2D eigenvalue weighted by Gasteiger charge is -2.43. The number of hydrogen-bond acceptors (Lipinski definition) is 2. The third kappa shape index (κ3) is 2.23. The second kappa shape index (κ2) is 5.36. The molecule has 2 heterocycles. The molecule has 0 radical (unpaired) electrons. The molecule has 0 saturated carbocycles. The summed E-state index contributed by atoms with van der Waals surface area (Å²) >= 11 is 6.41. The van der Waals surface area contributed by atoms with Gasteiger partial charge in [0, 0.05) is 18.1 Å². The van der Waals surface area contributed by atoms with Gasteiger partial charge in [-0.2, -0.15) is 0 Å². The van der Waals surface area contributed by atoms with Crippen LogP contribution in [0.2, 0.25) is 5.02 Å². The Bertz CT molecular complexity index is 643. The number of benzene rings is 2. The Hall–Kier alpha value is -1.51. The highest BCUT2D eigenvalue weighted by Crippen LogP contribution is 2.50. The van der Waals surface area contributed by atoms with Crippen molar-refractivity contribution in [2.24, 2.45) is 5.92 Å². The van der Waals surface area contributed by atoms with Gasteiger partial charge in [0.2, 0.25) is 0 Å². The van der Waals surface area contributed by atoms with Crippen molar-refractivity contribution in [1.82, 2.24) is 0 Å². The van der Waals surface area contributed by atoms with Crippen LogP contribution in [-0.4, -0.2) is 6.61 Å². The van der Waals surface area contributed by atoms with Crippen LogP contribution < -0.4 is 5.32 Å². The van der Waals surface area contributed by atoms with E-state index in [0.29, 0.717) is 5.92 Å². The lowest BCUT2D eigenvalue weighted by molar-refractivity contribution is -0.0381. The summed E-state index contributed by atoms with van der Waals surface area (Å²) in [6, 6.07) is 17.0. The Morgan fingerprint density at radius 2 is 1.90 bits per heavy atom. The van der Waals surface area contributed by atoms with Crippen molar-refractivity contribution >= 4 is 17.3 Å². The van der Waals surface area contributed by atoms with Crippen molar-refractivity contribution in [2.75, 3.05) is 11.9 Å². The number of para-hydroxylation sites is 1. The Morgan fingerprint density at radius 3 is 2.76 bits per heavy atom. The Morgan fingerprint density at radius 1 is 1.05 bits per heavy atom. The molecule has 0 spiro atoms. The maximum absolute atomic E-state index is 6.41. The first-order valence-electron chi connectivity index (χ1n) is 7.56. The molecule has 1 fully saturated rings. The SMILES string of the molecule is Clc1cccc2c1N[C@@H](c1ccccc1)[C@@H]1CCCO[C@H]21. The van der Waals surface area contributed by atoms with Gasteiger partial charge in [0.05, 0.1) is 22.9 Å². The molecule has 1 N–H and O–H groups in total. The van der Waals surface area contributed by atoms with E-state index in [-0.39, 0.29) is 12.1 Å². The van der Waals surface area contributed by atoms with Gasteiger partial charge >= 0.3 is 0 Å². The molecule has 2 aromatic rings. The highest BCUT2D eigenvalue weighted by molar-refractivity contribution is 6.33. The molecule has 0 amide bonds. The molecule has 2 aromatic carbocycles. The van der Waals surface area contributed by atoms with E-state index >= 15 is 0 Å². The monoisotopic (exact) mass is 299 g/mol. The minimum Gasteiger partial charge on any atom is -0.376 e. The van der Waals surface area contributed by atoms with Crippen LogP contribution in [0.25, 0.3) is 0 Å². The molecule has 3 atom stereocenters. The maximum Gasteiger partial charge on any atom is 0.0896 e. The van der Waals surface area contributed by atoms with E-state index in [9.17, 15) is 0 Å². The van der Waals surface area contributed by atoms with Crippen LogP contribution in [0.4, 0.5) is 5.69 Å². The lowest BCUT2D eigenvalue weighted by atomic mass is 9.77. The van der Waals surface area contributed by atoms with Crippen LogP contribution in [-0.2, 0) is 4.74 Å². The second-order valence-electron chi connectivity index (χ2n) is 5.83. The number of hydrogen-bond donors (Lipinski definition) is 1. The molecule has 2 nitrogen and oxygen atoms in total. The first-order valence-corrected chi connectivity index (χ1v) is 7.94. The minimum absolute atomic E-state index is 0.152. The Kier molecular flexibility index (Phi) is 3.36. The number of fused-ring (bicyclic) bond motifs is 3. The third-order valence-electron chi connectivity index (χ3n) is 4.61. The summed E-state index contributed by atoms with van der Waals surface area (Å²) in [5.74, 6) is 0.465. The first kappa shape index (κ1) is 13.2. The zero-order valence-corrected chi connectivity index (χ0v) is 12.5. The van der Waals surface area contributed by atoms with Crippen molar-refractivity contribution in [3.8, 4) is 0 Å². The van der Waals surface area contributed by atoms with Crippen LogP contribution in [0.1, 0.15) is 36.1 Å². The standard InChI is InChI=1S/C18H18ClNO/c19-15-10-4-8-14-17(15)20-16(12-6-2-1-3-7-12)13-9-5-11-21-18(13)14/h1-4,6-8,10,13,16,18,20H,5,9,11H2/t13-,16-,18-/m0/s1. The van der Waals surface area contributed by atoms with E-state index in [2.05, 4.69) is 41.7 Å². The summed E-state index contributed by atoms with van der Waals surface area (Å²) in [7, 11) is 0. The van der Waals surface area contributed by atoms with Crippen molar-refractivity contribution in [3.05, 3.63) is 64.7 Å². The van der Waals surface area contributed by atoms with Crippen LogP contribution in [0.3, 0.4) is 0 Å². The molecule has 1 saturated heterocycles. The van der Waals surface area contributed by atoms with Crippen molar-refractivity contribution in [2.45, 2.75) is 25.0 Å². The highest BCUT2D eigenvalue weighted by Gasteiger charge is 2.40. The predicted octanol–water partition coefficient (Wildman–Crippen LogP) is 4.97. The summed E-state index contributed by atoms with van der Waals surface area (Å²) in [5, 5.41) is 4.45. The molecule has 108 valence electrons. The highest BCUT2D eigenvalue weighted by atomic mass is 35.5. The molecule has 0 aliphatic carbocycles. The third-order valence-corrected chi connectivity index (χ3v) is 4.92. The first-order chi connectivity index (χ1) is 10.3. The van der Waals surface area contributed by atoms with E-state index in [4.69, 9.17) is 16.3 Å². The lowest BCUT2D eigenvalue weighted by Crippen LogP contribution is -2.36. The van der Waals surface area contributed by atoms with E-state index in [1.54, 1.807) is 0 Å². The van der Waals surface area contributed by atoms with Gasteiger partial charge in [-0.3, -0.25) is 0 Å². The van der Waals surface area contributed by atoms with Gasteiger partial charge in [0.15, 0.2) is 0 Å². The van der Waals surface area contributed by atoms with Gasteiger partial charge in [-0.05, 0) is 24.5 Å². The average molecular weight is 300 g/mol. The topological polar surface area (TPSA) is 21.3 Å². The normalized spacial score (nSPS) is 27.4. The van der Waals surface area contributed by atoms with Crippen molar-refractivity contribution < 1.29 is 4.74 Å². The number of rotatable bonds is 1. The van der Waals surface area contributed by atoms with Gasteiger partial charge in [-0.25, -0.2) is 0 Å². The molecule has 21 heavy (non-hydrogen) atoms. The second-order valence-corrected chi connectivity index (χ2v) is 6.24. The fourth-order valence-electron chi connectivity index (χ4n) is 3.65. The van der Waals surface area contributed by atoms with E-state index in [1.807, 2.05) is 12.1 Å². The quantitative estimate of drug-likeness (QED) is 0.802. The number of nitrogens with one attached hydrogen (secondary N) is 1. The predicted molar refractivity (Wildman–Crippen MR) is 85.7 cm³/mol. The van der Waals surface area contributed by atoms with E-state index in [1.165, 1.54) is 17.5 Å². The smallest absolute Gasteiger partial charge is 0.0896 e. The van der Waals surface area contributed by atoms with Gasteiger partial charge in [0.1, 0.15) is 0 Å². The van der Waals surface area contributed by atoms with Crippen LogP contribution in [0.5, 0.6) is 0 Å². The average Bonchev–Trinajstić information content (AvgIpc) is 2.55. The van der Waals surface area contributed by atoms with Crippen LogP contribution in [0, 0.1) is 5.92 Å². The fourth-order valence-corrected chi connectivity index (χ4v) is 3.89. The van der Waals surface area contributed by atoms with Crippen LogP contribution in [0.15, 0.2) is 48.5 Å². The van der Waals surface area contributed by atoms with Gasteiger partial charge in [0.25, 0.3) is 0 Å². The molecule has 3 heteroatoms. The summed E-state index contributed by atoms with van der Waals surface area (Å²) in [6.07, 6.45) is 2.46. The van der Waals surface area contributed by atoms with Crippen LogP contribution >= 0.6 is 11.6 Å². The minimum atomic E-state index is 0.152. The zero-order valence-electron chi connectivity index (χ0n) is 11.8. The molecule has 2 aliphatic rings. The summed E-state index contributed by atoms with van der Waals surface area (Å²) in [4.78, 5) is 0. The number of halogens is 1. The molecule has 4 rings (SSSR count). The molecule has 0 unspecified atom stereocenters. The number of anilines is 1. The summed E-state index contributed by atoms with van der Waals surface area (Å²) in [6.45, 7) is 0.842. The Labute approximate surface area is 130 Å². The largest absolute Gasteiger partial charge is 0.376 e. The van der Waals surface area contributed by atoms with Crippen molar-refractivity contribution in [1.29, 1.82) is 0 Å². The Balaban J connectivity index is 1.81. The zero-order chi connectivity index (χ0) is 14.2. The summed E-state index contributed by atoms with van der Waals surface area (Å²) in [5.41, 5.74) is 3.55. The van der Waals surface area contributed by atoms with Gasteiger partial charge < -0.3 is 10.1 Å². The van der Waals surface area contributed by atoms with Gasteiger partial charge in [-0.1, -0.05) is 54.1 Å². The number of ether oxygens (including phenoxy) is 1. The van der Waals surface area contributed by atoms with Crippen molar-refractivity contribution in [3.63, 3.8) is 0 Å². The fraction of sp³-hybridized carbons (Fsp3) is 0.333. The molecule has 0 aromatic heterocycles. The molecule has 0 bridgehead atoms. The molecular weight excluding hydrogens is 282 g/mol. The molecule has 2 aliphatic heterocycles. The van der Waals surface area contributed by atoms with E-state index < -0.39 is 0 Å².